The van der Waals surface area contributed by atoms with Crippen molar-refractivity contribution in [1.29, 1.82) is 0 Å². The van der Waals surface area contributed by atoms with Crippen LogP contribution in [0.15, 0.2) is 52.0 Å². The lowest BCUT2D eigenvalue weighted by atomic mass is 10.2. The Hall–Kier alpha value is -2.58. The van der Waals surface area contributed by atoms with Gasteiger partial charge in [0.1, 0.15) is 17.1 Å². The lowest BCUT2D eigenvalue weighted by molar-refractivity contribution is -0.116. The predicted molar refractivity (Wildman–Crippen MR) is 109 cm³/mol. The fourth-order valence-corrected chi connectivity index (χ4v) is 4.23. The van der Waals surface area contributed by atoms with E-state index in [1.54, 1.807) is 18.2 Å². The fourth-order valence-electron chi connectivity index (χ4n) is 2.86. The van der Waals surface area contributed by atoms with Crippen LogP contribution in [0.4, 0.5) is 10.1 Å². The molecule has 5 nitrogen and oxygen atoms in total. The summed E-state index contributed by atoms with van der Waals surface area (Å²) >= 11 is 4.59. The summed E-state index contributed by atoms with van der Waals surface area (Å²) in [5.74, 6) is -0.751. The van der Waals surface area contributed by atoms with E-state index in [0.29, 0.717) is 26.0 Å². The Morgan fingerprint density at radius 2 is 2.15 bits per heavy atom. The van der Waals surface area contributed by atoms with Gasteiger partial charge in [-0.25, -0.2) is 9.37 Å². The summed E-state index contributed by atoms with van der Waals surface area (Å²) in [6.07, 6.45) is 1.29. The number of aryl methyl sites for hydroxylation is 1. The zero-order chi connectivity index (χ0) is 19.1. The number of hydrogen-bond acceptors (Lipinski definition) is 4. The highest BCUT2D eigenvalue weighted by atomic mass is 79.9. The molecule has 0 bridgehead atoms. The molecule has 4 rings (SSSR count). The number of nitrogens with one attached hydrogen (secondary N) is 1. The Labute approximate surface area is 165 Å². The molecule has 0 aliphatic heterocycles. The van der Waals surface area contributed by atoms with E-state index in [9.17, 15) is 14.0 Å². The second-order valence-electron chi connectivity index (χ2n) is 6.08. The minimum absolute atomic E-state index is 0.173. The molecule has 0 atom stereocenters. The van der Waals surface area contributed by atoms with Crippen molar-refractivity contribution in [2.24, 2.45) is 0 Å². The van der Waals surface area contributed by atoms with Crippen molar-refractivity contribution in [3.8, 4) is 0 Å². The molecule has 0 saturated carbocycles. The zero-order valence-corrected chi connectivity index (χ0v) is 16.5. The number of hydrogen-bond donors (Lipinski definition) is 1. The molecule has 0 fully saturated rings. The molecule has 0 spiro atoms. The van der Waals surface area contributed by atoms with Crippen LogP contribution in [0.5, 0.6) is 0 Å². The molecule has 8 heteroatoms. The van der Waals surface area contributed by atoms with E-state index in [4.69, 9.17) is 0 Å². The Morgan fingerprint density at radius 3 is 2.93 bits per heavy atom. The summed E-state index contributed by atoms with van der Waals surface area (Å²) in [5.41, 5.74) is 1.60. The van der Waals surface area contributed by atoms with Gasteiger partial charge in [0.15, 0.2) is 0 Å². The van der Waals surface area contributed by atoms with Gasteiger partial charge >= 0.3 is 0 Å². The minimum Gasteiger partial charge on any atom is -0.325 e. The number of anilines is 1. The van der Waals surface area contributed by atoms with E-state index in [2.05, 4.69) is 26.2 Å². The molecule has 1 N–H and O–H groups in total. The molecule has 27 heavy (non-hydrogen) atoms. The average Bonchev–Trinajstić information content (AvgIpc) is 3.01. The summed E-state index contributed by atoms with van der Waals surface area (Å²) in [7, 11) is 0. The van der Waals surface area contributed by atoms with Gasteiger partial charge in [-0.05, 0) is 42.8 Å². The van der Waals surface area contributed by atoms with Gasteiger partial charge < -0.3 is 5.32 Å². The molecule has 0 unspecified atom stereocenters. The predicted octanol–water partition coefficient (Wildman–Crippen LogP) is 4.46. The topological polar surface area (TPSA) is 64.0 Å². The van der Waals surface area contributed by atoms with Crippen LogP contribution >= 0.6 is 27.3 Å². The highest BCUT2D eigenvalue weighted by Gasteiger charge is 2.15. The molecule has 0 saturated heterocycles. The zero-order valence-electron chi connectivity index (χ0n) is 14.1. The molecule has 2 aromatic heterocycles. The van der Waals surface area contributed by atoms with Gasteiger partial charge in [-0.2, -0.15) is 0 Å². The maximum Gasteiger partial charge on any atom is 0.271 e. The van der Waals surface area contributed by atoms with Gasteiger partial charge in [-0.1, -0.05) is 22.0 Å². The van der Waals surface area contributed by atoms with Crippen LogP contribution in [0, 0.1) is 12.7 Å². The van der Waals surface area contributed by atoms with Crippen molar-refractivity contribution < 1.29 is 9.18 Å². The van der Waals surface area contributed by atoms with E-state index >= 15 is 0 Å². The van der Waals surface area contributed by atoms with Crippen molar-refractivity contribution in [2.45, 2.75) is 13.5 Å². The smallest absolute Gasteiger partial charge is 0.271 e. The molecule has 2 heterocycles. The highest BCUT2D eigenvalue weighted by Crippen LogP contribution is 2.31. The first-order valence-corrected chi connectivity index (χ1v) is 9.67. The van der Waals surface area contributed by atoms with Crippen LogP contribution in [0.2, 0.25) is 0 Å². The van der Waals surface area contributed by atoms with E-state index in [0.717, 1.165) is 10.0 Å². The molecular formula is C19H13BrFN3O2S. The second kappa shape index (κ2) is 6.86. The van der Waals surface area contributed by atoms with E-state index in [-0.39, 0.29) is 18.0 Å². The monoisotopic (exact) mass is 445 g/mol. The lowest BCUT2D eigenvalue weighted by Gasteiger charge is -2.08. The van der Waals surface area contributed by atoms with Crippen molar-refractivity contribution >= 4 is 59.2 Å². The molecular weight excluding hydrogens is 433 g/mol. The molecule has 2 aromatic carbocycles. The van der Waals surface area contributed by atoms with Crippen LogP contribution in [-0.2, 0) is 11.3 Å². The number of fused-ring (bicyclic) bond motifs is 3. The Kier molecular flexibility index (Phi) is 4.53. The van der Waals surface area contributed by atoms with Crippen molar-refractivity contribution in [3.63, 3.8) is 0 Å². The summed E-state index contributed by atoms with van der Waals surface area (Å²) in [6, 6.07) is 10.1. The number of thiophene rings is 1. The van der Waals surface area contributed by atoms with Crippen molar-refractivity contribution in [3.05, 3.63) is 68.9 Å². The number of nitrogens with zero attached hydrogens (tertiary/aromatic N) is 2. The van der Waals surface area contributed by atoms with E-state index < -0.39 is 5.82 Å². The Morgan fingerprint density at radius 1 is 1.33 bits per heavy atom. The molecule has 0 aliphatic carbocycles. The summed E-state index contributed by atoms with van der Waals surface area (Å²) in [4.78, 5) is 29.3. The SMILES string of the molecule is Cc1cc(NC(=O)Cn2cnc3c(sc4cccc(F)c43)c2=O)ccc1Br. The second-order valence-corrected chi connectivity index (χ2v) is 7.99. The quantitative estimate of drug-likeness (QED) is 0.506. The summed E-state index contributed by atoms with van der Waals surface area (Å²) in [5, 5.41) is 3.11. The molecule has 136 valence electrons. The third kappa shape index (κ3) is 3.26. The van der Waals surface area contributed by atoms with Crippen molar-refractivity contribution in [2.75, 3.05) is 5.32 Å². The lowest BCUT2D eigenvalue weighted by Crippen LogP contribution is -2.27. The van der Waals surface area contributed by atoms with E-state index in [1.807, 2.05) is 19.1 Å². The molecule has 4 aromatic rings. The van der Waals surface area contributed by atoms with Gasteiger partial charge in [0, 0.05) is 14.9 Å². The van der Waals surface area contributed by atoms with Gasteiger partial charge in [0.05, 0.1) is 17.2 Å². The third-order valence-electron chi connectivity index (χ3n) is 4.18. The molecule has 0 radical (unpaired) electrons. The molecule has 1 amide bonds. The Bertz CT molecular complexity index is 1270. The standard InChI is InChI=1S/C19H13BrFN3O2S/c1-10-7-11(5-6-12(10)20)23-15(25)8-24-9-22-17-16-13(21)3-2-4-14(16)27-18(17)19(24)26/h2-7,9H,8H2,1H3,(H,23,25). The normalized spacial score (nSPS) is 11.2. The first kappa shape index (κ1) is 17.8. The number of carbonyl (C=O) groups excluding carboxylic acids is 1. The Balaban J connectivity index is 1.66. The molecule has 0 aliphatic rings. The highest BCUT2D eigenvalue weighted by molar-refractivity contribution is 9.10. The van der Waals surface area contributed by atoms with Crippen LogP contribution < -0.4 is 10.9 Å². The first-order chi connectivity index (χ1) is 12.9. The number of carbonyl (C=O) groups is 1. The maximum absolute atomic E-state index is 14.1. The maximum atomic E-state index is 14.1. The fraction of sp³-hybridized carbons (Fsp3) is 0.105. The van der Waals surface area contributed by atoms with Crippen LogP contribution in [0.3, 0.4) is 0 Å². The van der Waals surface area contributed by atoms with Crippen LogP contribution in [0.1, 0.15) is 5.56 Å². The van der Waals surface area contributed by atoms with Crippen LogP contribution in [-0.4, -0.2) is 15.5 Å². The third-order valence-corrected chi connectivity index (χ3v) is 6.20. The minimum atomic E-state index is -0.410. The van der Waals surface area contributed by atoms with Gasteiger partial charge in [-0.15, -0.1) is 11.3 Å². The largest absolute Gasteiger partial charge is 0.325 e. The van der Waals surface area contributed by atoms with E-state index in [1.165, 1.54) is 28.3 Å². The van der Waals surface area contributed by atoms with Crippen molar-refractivity contribution in [1.82, 2.24) is 9.55 Å². The number of benzene rings is 2. The summed E-state index contributed by atoms with van der Waals surface area (Å²) in [6.45, 7) is 1.75. The van der Waals surface area contributed by atoms with Gasteiger partial charge in [-0.3, -0.25) is 14.2 Å². The van der Waals surface area contributed by atoms with Crippen LogP contribution in [0.25, 0.3) is 20.3 Å². The number of rotatable bonds is 3. The number of aromatic nitrogens is 2. The average molecular weight is 446 g/mol. The van der Waals surface area contributed by atoms with Gasteiger partial charge in [0.2, 0.25) is 5.91 Å². The summed E-state index contributed by atoms with van der Waals surface area (Å²) < 4.78 is 17.3. The number of amides is 1. The first-order valence-electron chi connectivity index (χ1n) is 8.06. The number of halogens is 2. The van der Waals surface area contributed by atoms with Gasteiger partial charge in [0.25, 0.3) is 5.56 Å².